The lowest BCUT2D eigenvalue weighted by molar-refractivity contribution is -0.113. The first kappa shape index (κ1) is 16.2. The summed E-state index contributed by atoms with van der Waals surface area (Å²) in [5.74, 6) is -0.133. The quantitative estimate of drug-likeness (QED) is 0.688. The van der Waals surface area contributed by atoms with E-state index in [9.17, 15) is 4.79 Å². The van der Waals surface area contributed by atoms with Crippen molar-refractivity contribution in [3.05, 3.63) is 65.4 Å². The van der Waals surface area contributed by atoms with Crippen molar-refractivity contribution in [2.75, 3.05) is 23.9 Å². The first-order chi connectivity index (χ1) is 11.5. The summed E-state index contributed by atoms with van der Waals surface area (Å²) in [5, 5.41) is 3.43. The lowest BCUT2D eigenvalue weighted by atomic mass is 10.1. The fraction of sp³-hybridized carbons (Fsp3) is 0.158. The van der Waals surface area contributed by atoms with Gasteiger partial charge in [-0.3, -0.25) is 9.69 Å². The molecule has 122 valence electrons. The Hall–Kier alpha value is -2.66. The fourth-order valence-corrected chi connectivity index (χ4v) is 2.89. The van der Waals surface area contributed by atoms with E-state index in [4.69, 9.17) is 12.2 Å². The van der Waals surface area contributed by atoms with Crippen molar-refractivity contribution in [1.82, 2.24) is 5.32 Å². The van der Waals surface area contributed by atoms with Crippen molar-refractivity contribution in [3.8, 4) is 0 Å². The molecular weight excluding hydrogens is 318 g/mol. The van der Waals surface area contributed by atoms with Crippen molar-refractivity contribution in [1.29, 1.82) is 0 Å². The van der Waals surface area contributed by atoms with Crippen molar-refractivity contribution in [2.45, 2.75) is 6.92 Å². The Balaban J connectivity index is 1.90. The Morgan fingerprint density at radius 3 is 2.38 bits per heavy atom. The highest BCUT2D eigenvalue weighted by Gasteiger charge is 2.32. The molecule has 1 amide bonds. The summed E-state index contributed by atoms with van der Waals surface area (Å²) in [6.07, 6.45) is 1.83. The Bertz CT molecular complexity index is 825. The average molecular weight is 337 g/mol. The molecule has 1 aliphatic rings. The van der Waals surface area contributed by atoms with Gasteiger partial charge in [-0.15, -0.1) is 0 Å². The van der Waals surface area contributed by atoms with Crippen molar-refractivity contribution in [3.63, 3.8) is 0 Å². The monoisotopic (exact) mass is 337 g/mol. The smallest absolute Gasteiger partial charge is 0.281 e. The molecule has 0 aliphatic carbocycles. The number of hydrogen-bond acceptors (Lipinski definition) is 3. The van der Waals surface area contributed by atoms with Crippen LogP contribution in [0.15, 0.2) is 54.2 Å². The molecule has 1 heterocycles. The van der Waals surface area contributed by atoms with E-state index in [1.165, 1.54) is 0 Å². The Labute approximate surface area is 147 Å². The van der Waals surface area contributed by atoms with Crippen LogP contribution in [-0.4, -0.2) is 25.1 Å². The van der Waals surface area contributed by atoms with Crippen LogP contribution in [0.1, 0.15) is 11.1 Å². The molecule has 0 spiro atoms. The SMILES string of the molecule is Cc1ccccc1N1C(=O)/C(=C/c2ccc(N(C)C)cc2)NC1=S. The number of benzene rings is 2. The van der Waals surface area contributed by atoms with Crippen LogP contribution < -0.4 is 15.1 Å². The van der Waals surface area contributed by atoms with Gasteiger partial charge in [-0.25, -0.2) is 0 Å². The van der Waals surface area contributed by atoms with E-state index in [1.54, 1.807) is 4.90 Å². The third-order valence-electron chi connectivity index (χ3n) is 3.96. The number of anilines is 2. The Kier molecular flexibility index (Phi) is 4.36. The molecule has 0 atom stereocenters. The van der Waals surface area contributed by atoms with Crippen LogP contribution in [0, 0.1) is 6.92 Å². The molecule has 0 unspecified atom stereocenters. The molecule has 1 saturated heterocycles. The van der Waals surface area contributed by atoms with E-state index in [1.807, 2.05) is 80.5 Å². The number of amides is 1. The second-order valence-corrected chi connectivity index (χ2v) is 6.29. The number of rotatable bonds is 3. The second-order valence-electron chi connectivity index (χ2n) is 5.90. The van der Waals surface area contributed by atoms with Gasteiger partial charge in [0.15, 0.2) is 5.11 Å². The van der Waals surface area contributed by atoms with Crippen LogP contribution in [0.4, 0.5) is 11.4 Å². The van der Waals surface area contributed by atoms with Gasteiger partial charge in [0.1, 0.15) is 5.70 Å². The van der Waals surface area contributed by atoms with Crippen LogP contribution >= 0.6 is 12.2 Å². The third kappa shape index (κ3) is 3.03. The first-order valence-electron chi connectivity index (χ1n) is 7.67. The highest BCUT2D eigenvalue weighted by atomic mass is 32.1. The van der Waals surface area contributed by atoms with Crippen LogP contribution in [0.25, 0.3) is 6.08 Å². The van der Waals surface area contributed by atoms with E-state index in [0.29, 0.717) is 10.8 Å². The summed E-state index contributed by atoms with van der Waals surface area (Å²) >= 11 is 5.35. The summed E-state index contributed by atoms with van der Waals surface area (Å²) in [7, 11) is 3.99. The highest BCUT2D eigenvalue weighted by Crippen LogP contribution is 2.25. The Morgan fingerprint density at radius 1 is 1.08 bits per heavy atom. The first-order valence-corrected chi connectivity index (χ1v) is 8.08. The summed E-state index contributed by atoms with van der Waals surface area (Å²) in [4.78, 5) is 16.3. The van der Waals surface area contributed by atoms with Gasteiger partial charge in [-0.1, -0.05) is 30.3 Å². The van der Waals surface area contributed by atoms with Crippen molar-refractivity contribution < 1.29 is 4.79 Å². The summed E-state index contributed by atoms with van der Waals surface area (Å²) < 4.78 is 0. The van der Waals surface area contributed by atoms with E-state index in [2.05, 4.69) is 5.32 Å². The number of aryl methyl sites for hydroxylation is 1. The molecule has 4 nitrogen and oxygen atoms in total. The van der Waals surface area contributed by atoms with E-state index >= 15 is 0 Å². The van der Waals surface area contributed by atoms with E-state index in [-0.39, 0.29) is 5.91 Å². The number of carbonyl (C=O) groups is 1. The Morgan fingerprint density at radius 2 is 1.75 bits per heavy atom. The second kappa shape index (κ2) is 6.45. The number of para-hydroxylation sites is 1. The molecule has 0 saturated carbocycles. The van der Waals surface area contributed by atoms with Crippen LogP contribution in [0.5, 0.6) is 0 Å². The van der Waals surface area contributed by atoms with E-state index < -0.39 is 0 Å². The molecule has 0 radical (unpaired) electrons. The zero-order valence-corrected chi connectivity index (χ0v) is 14.7. The van der Waals surface area contributed by atoms with Crippen molar-refractivity contribution in [2.24, 2.45) is 0 Å². The van der Waals surface area contributed by atoms with Crippen LogP contribution in [0.2, 0.25) is 0 Å². The fourth-order valence-electron chi connectivity index (χ4n) is 2.60. The van der Waals surface area contributed by atoms with Gasteiger partial charge in [0, 0.05) is 19.8 Å². The molecule has 2 aromatic rings. The molecule has 0 aromatic heterocycles. The van der Waals surface area contributed by atoms with Crippen LogP contribution in [-0.2, 0) is 4.79 Å². The minimum atomic E-state index is -0.133. The van der Waals surface area contributed by atoms with Gasteiger partial charge in [0.2, 0.25) is 0 Å². The summed E-state index contributed by atoms with van der Waals surface area (Å²) in [6, 6.07) is 15.7. The minimum Gasteiger partial charge on any atom is -0.378 e. The summed E-state index contributed by atoms with van der Waals surface area (Å²) in [5.41, 5.74) is 4.37. The normalized spacial score (nSPS) is 15.8. The third-order valence-corrected chi connectivity index (χ3v) is 4.24. The predicted octanol–water partition coefficient (Wildman–Crippen LogP) is 3.32. The van der Waals surface area contributed by atoms with Gasteiger partial charge >= 0.3 is 0 Å². The topological polar surface area (TPSA) is 35.6 Å². The molecule has 0 bridgehead atoms. The number of thiocarbonyl (C=S) groups is 1. The van der Waals surface area contributed by atoms with Crippen molar-refractivity contribution >= 4 is 40.7 Å². The van der Waals surface area contributed by atoms with Gasteiger partial charge in [0.25, 0.3) is 5.91 Å². The molecule has 1 fully saturated rings. The molecule has 3 rings (SSSR count). The molecule has 24 heavy (non-hydrogen) atoms. The van der Waals surface area contributed by atoms with E-state index in [0.717, 1.165) is 22.5 Å². The number of carbonyl (C=O) groups excluding carboxylic acids is 1. The molecule has 1 N–H and O–H groups in total. The molecular formula is C19H19N3OS. The predicted molar refractivity (Wildman–Crippen MR) is 103 cm³/mol. The minimum absolute atomic E-state index is 0.133. The maximum absolute atomic E-state index is 12.7. The van der Waals surface area contributed by atoms with Crippen LogP contribution in [0.3, 0.4) is 0 Å². The lowest BCUT2D eigenvalue weighted by Gasteiger charge is -2.16. The molecule has 5 heteroatoms. The maximum atomic E-state index is 12.7. The molecule has 1 aliphatic heterocycles. The largest absolute Gasteiger partial charge is 0.378 e. The van der Waals surface area contributed by atoms with Gasteiger partial charge in [-0.05, 0) is 54.5 Å². The lowest BCUT2D eigenvalue weighted by Crippen LogP contribution is -2.30. The number of nitrogens with one attached hydrogen (secondary N) is 1. The maximum Gasteiger partial charge on any atom is 0.281 e. The molecule has 2 aromatic carbocycles. The van der Waals surface area contributed by atoms with Gasteiger partial charge < -0.3 is 10.2 Å². The number of hydrogen-bond donors (Lipinski definition) is 1. The van der Waals surface area contributed by atoms with Gasteiger partial charge in [-0.2, -0.15) is 0 Å². The highest BCUT2D eigenvalue weighted by molar-refractivity contribution is 7.80. The average Bonchev–Trinajstić information content (AvgIpc) is 2.83. The van der Waals surface area contributed by atoms with Gasteiger partial charge in [0.05, 0.1) is 5.69 Å². The zero-order chi connectivity index (χ0) is 17.3. The zero-order valence-electron chi connectivity index (χ0n) is 13.9. The number of nitrogens with zero attached hydrogens (tertiary/aromatic N) is 2. The summed E-state index contributed by atoms with van der Waals surface area (Å²) in [6.45, 7) is 1.97. The standard InChI is InChI=1S/C19H19N3OS/c1-13-6-4-5-7-17(13)22-18(23)16(20-19(22)24)12-14-8-10-15(11-9-14)21(2)3/h4-12H,1-3H3,(H,20,24)/b16-12-.